The summed E-state index contributed by atoms with van der Waals surface area (Å²) in [6.45, 7) is 6.00. The van der Waals surface area contributed by atoms with E-state index >= 15 is 0 Å². The van der Waals surface area contributed by atoms with Crippen LogP contribution >= 0.6 is 0 Å². The van der Waals surface area contributed by atoms with E-state index < -0.39 is 12.1 Å². The summed E-state index contributed by atoms with van der Waals surface area (Å²) in [6, 6.07) is -0.849. The molecule has 5 heteroatoms. The van der Waals surface area contributed by atoms with E-state index in [1.165, 1.54) is 0 Å². The van der Waals surface area contributed by atoms with E-state index in [2.05, 4.69) is 10.6 Å². The molecule has 0 saturated carbocycles. The number of aliphatic hydroxyl groups is 2. The molecule has 1 amide bonds. The van der Waals surface area contributed by atoms with Crippen LogP contribution in [0, 0.1) is 5.92 Å². The number of nitrogens with one attached hydrogen (secondary N) is 2. The Hall–Kier alpha value is -0.650. The Morgan fingerprint density at radius 3 is 2.13 bits per heavy atom. The predicted molar refractivity (Wildman–Crippen MR) is 58.4 cm³/mol. The van der Waals surface area contributed by atoms with Crippen LogP contribution in [0.3, 0.4) is 0 Å². The van der Waals surface area contributed by atoms with Gasteiger partial charge in [0.05, 0.1) is 25.3 Å². The number of hydrogen-bond acceptors (Lipinski definition) is 4. The molecule has 0 aromatic heterocycles. The van der Waals surface area contributed by atoms with Crippen molar-refractivity contribution in [2.75, 3.05) is 19.8 Å². The first-order chi connectivity index (χ1) is 7.01. The molecular formula is C10H22N2O3. The third kappa shape index (κ3) is 6.43. The molecule has 90 valence electrons. The summed E-state index contributed by atoms with van der Waals surface area (Å²) in [5, 5.41) is 23.2. The Labute approximate surface area is 90.9 Å². The molecule has 0 aromatic carbocycles. The maximum atomic E-state index is 11.5. The van der Waals surface area contributed by atoms with Gasteiger partial charge in [-0.2, -0.15) is 0 Å². The lowest BCUT2D eigenvalue weighted by atomic mass is 10.2. The van der Waals surface area contributed by atoms with Gasteiger partial charge in [0.1, 0.15) is 0 Å². The van der Waals surface area contributed by atoms with Gasteiger partial charge in [-0.1, -0.05) is 13.8 Å². The normalized spacial score (nSPS) is 13.3. The van der Waals surface area contributed by atoms with Gasteiger partial charge in [-0.05, 0) is 12.8 Å². The van der Waals surface area contributed by atoms with E-state index in [1.54, 1.807) is 6.92 Å². The van der Waals surface area contributed by atoms with Crippen molar-refractivity contribution in [3.05, 3.63) is 0 Å². The minimum Gasteiger partial charge on any atom is -0.395 e. The van der Waals surface area contributed by atoms with Crippen molar-refractivity contribution in [2.24, 2.45) is 5.92 Å². The van der Waals surface area contributed by atoms with Gasteiger partial charge >= 0.3 is 0 Å². The van der Waals surface area contributed by atoms with Crippen molar-refractivity contribution in [1.29, 1.82) is 0 Å². The van der Waals surface area contributed by atoms with E-state index in [1.807, 2.05) is 13.8 Å². The highest BCUT2D eigenvalue weighted by molar-refractivity contribution is 5.81. The van der Waals surface area contributed by atoms with E-state index in [9.17, 15) is 4.79 Å². The summed E-state index contributed by atoms with van der Waals surface area (Å²) in [5.74, 6) is 0.295. The molecule has 0 aliphatic carbocycles. The number of carbonyl (C=O) groups excluding carboxylic acids is 1. The lowest BCUT2D eigenvalue weighted by Crippen LogP contribution is -2.49. The molecule has 0 bridgehead atoms. The van der Waals surface area contributed by atoms with Crippen LogP contribution in [-0.4, -0.2) is 48.0 Å². The maximum Gasteiger partial charge on any atom is 0.236 e. The average Bonchev–Trinajstić information content (AvgIpc) is 2.21. The molecule has 0 rings (SSSR count). The van der Waals surface area contributed by atoms with Gasteiger partial charge in [0.25, 0.3) is 0 Å². The minimum absolute atomic E-state index is 0.115. The third-order valence-corrected chi connectivity index (χ3v) is 2.00. The quantitative estimate of drug-likeness (QED) is 0.446. The van der Waals surface area contributed by atoms with E-state index in [0.717, 1.165) is 0 Å². The van der Waals surface area contributed by atoms with Gasteiger partial charge < -0.3 is 15.5 Å². The van der Waals surface area contributed by atoms with E-state index in [4.69, 9.17) is 10.2 Å². The largest absolute Gasteiger partial charge is 0.395 e. The second-order valence-electron chi connectivity index (χ2n) is 4.09. The fraction of sp³-hybridized carbons (Fsp3) is 0.900. The van der Waals surface area contributed by atoms with Crippen molar-refractivity contribution in [3.63, 3.8) is 0 Å². The first kappa shape index (κ1) is 14.3. The molecule has 0 saturated heterocycles. The van der Waals surface area contributed by atoms with Gasteiger partial charge in [0, 0.05) is 6.54 Å². The average molecular weight is 218 g/mol. The van der Waals surface area contributed by atoms with Crippen molar-refractivity contribution >= 4 is 5.91 Å². The molecule has 0 fully saturated rings. The molecule has 0 aromatic rings. The van der Waals surface area contributed by atoms with Crippen LogP contribution in [-0.2, 0) is 4.79 Å². The van der Waals surface area contributed by atoms with Crippen LogP contribution in [0.1, 0.15) is 20.8 Å². The smallest absolute Gasteiger partial charge is 0.236 e. The summed E-state index contributed by atoms with van der Waals surface area (Å²) in [5.41, 5.74) is 0. The Kier molecular flexibility index (Phi) is 7.29. The lowest BCUT2D eigenvalue weighted by Gasteiger charge is -2.19. The molecule has 4 N–H and O–H groups in total. The summed E-state index contributed by atoms with van der Waals surface area (Å²) in [7, 11) is 0. The van der Waals surface area contributed by atoms with E-state index in [-0.39, 0.29) is 19.1 Å². The predicted octanol–water partition coefficient (Wildman–Crippen LogP) is -0.910. The number of hydrogen-bond donors (Lipinski definition) is 4. The van der Waals surface area contributed by atoms with Gasteiger partial charge in [0.2, 0.25) is 5.91 Å². The van der Waals surface area contributed by atoms with Crippen LogP contribution in [0.15, 0.2) is 0 Å². The van der Waals surface area contributed by atoms with Crippen molar-refractivity contribution in [1.82, 2.24) is 10.6 Å². The monoisotopic (exact) mass is 218 g/mol. The zero-order chi connectivity index (χ0) is 11.8. The van der Waals surface area contributed by atoms with Crippen LogP contribution in [0.4, 0.5) is 0 Å². The number of rotatable bonds is 7. The number of amides is 1. The van der Waals surface area contributed by atoms with Crippen LogP contribution < -0.4 is 10.6 Å². The Morgan fingerprint density at radius 2 is 1.73 bits per heavy atom. The highest BCUT2D eigenvalue weighted by atomic mass is 16.3. The standard InChI is InChI=1S/C10H22N2O3/c1-7(2)4-11-10(15)8(3)12-9(5-13)6-14/h7-9,12-14H,4-6H2,1-3H3,(H,11,15). The Balaban J connectivity index is 3.87. The molecule has 0 radical (unpaired) electrons. The molecule has 1 unspecified atom stereocenters. The van der Waals surface area contributed by atoms with Crippen molar-refractivity contribution in [3.8, 4) is 0 Å². The SMILES string of the molecule is CC(C)CNC(=O)C(C)NC(CO)CO. The zero-order valence-corrected chi connectivity index (χ0v) is 9.66. The van der Waals surface area contributed by atoms with Gasteiger partial charge in [-0.25, -0.2) is 0 Å². The highest BCUT2D eigenvalue weighted by Gasteiger charge is 2.16. The van der Waals surface area contributed by atoms with Crippen LogP contribution in [0.2, 0.25) is 0 Å². The van der Waals surface area contributed by atoms with E-state index in [0.29, 0.717) is 12.5 Å². The topological polar surface area (TPSA) is 81.6 Å². The van der Waals surface area contributed by atoms with Gasteiger partial charge in [-0.3, -0.25) is 10.1 Å². The van der Waals surface area contributed by atoms with Crippen molar-refractivity contribution < 1.29 is 15.0 Å². The Morgan fingerprint density at radius 1 is 1.20 bits per heavy atom. The maximum absolute atomic E-state index is 11.5. The summed E-state index contributed by atoms with van der Waals surface area (Å²) in [4.78, 5) is 11.5. The summed E-state index contributed by atoms with van der Waals surface area (Å²) < 4.78 is 0. The zero-order valence-electron chi connectivity index (χ0n) is 9.66. The second kappa shape index (κ2) is 7.62. The first-order valence-corrected chi connectivity index (χ1v) is 5.26. The Bertz CT molecular complexity index is 182. The molecule has 5 nitrogen and oxygen atoms in total. The molecule has 0 aliphatic heterocycles. The molecular weight excluding hydrogens is 196 g/mol. The minimum atomic E-state index is -0.440. The number of aliphatic hydroxyl groups excluding tert-OH is 2. The van der Waals surface area contributed by atoms with Crippen LogP contribution in [0.25, 0.3) is 0 Å². The molecule has 1 atom stereocenters. The molecule has 15 heavy (non-hydrogen) atoms. The summed E-state index contributed by atoms with van der Waals surface area (Å²) in [6.07, 6.45) is 0. The van der Waals surface area contributed by atoms with Crippen molar-refractivity contribution in [2.45, 2.75) is 32.9 Å². The first-order valence-electron chi connectivity index (χ1n) is 5.26. The molecule has 0 aliphatic rings. The van der Waals surface area contributed by atoms with Gasteiger partial charge in [-0.15, -0.1) is 0 Å². The second-order valence-corrected chi connectivity index (χ2v) is 4.09. The lowest BCUT2D eigenvalue weighted by molar-refractivity contribution is -0.123. The third-order valence-electron chi connectivity index (χ3n) is 2.00. The highest BCUT2D eigenvalue weighted by Crippen LogP contribution is 1.91. The number of carbonyl (C=O) groups is 1. The fourth-order valence-electron chi connectivity index (χ4n) is 1.05. The summed E-state index contributed by atoms with van der Waals surface area (Å²) >= 11 is 0. The molecule has 0 heterocycles. The van der Waals surface area contributed by atoms with Crippen LogP contribution in [0.5, 0.6) is 0 Å². The fourth-order valence-corrected chi connectivity index (χ4v) is 1.05. The van der Waals surface area contributed by atoms with Gasteiger partial charge in [0.15, 0.2) is 0 Å². The molecule has 0 spiro atoms.